The van der Waals surface area contributed by atoms with Crippen LogP contribution in [0, 0.1) is 0 Å². The Morgan fingerprint density at radius 3 is 1.97 bits per heavy atom. The van der Waals surface area contributed by atoms with Gasteiger partial charge in [-0.2, -0.15) is 0 Å². The predicted octanol–water partition coefficient (Wildman–Crippen LogP) is 5.13. The summed E-state index contributed by atoms with van der Waals surface area (Å²) >= 11 is 0. The molecule has 0 heterocycles. The van der Waals surface area contributed by atoms with Gasteiger partial charge in [0.2, 0.25) is 11.7 Å². The van der Waals surface area contributed by atoms with Crippen LogP contribution in [-0.2, 0) is 4.79 Å². The molecule has 8 nitrogen and oxygen atoms in total. The van der Waals surface area contributed by atoms with Gasteiger partial charge in [-0.15, -0.1) is 0 Å². The van der Waals surface area contributed by atoms with Gasteiger partial charge in [0.05, 0.1) is 46.9 Å². The van der Waals surface area contributed by atoms with E-state index in [9.17, 15) is 4.79 Å². The smallest absolute Gasteiger partial charge is 0.248 e. The molecule has 0 atom stereocenters. The molecule has 188 valence electrons. The molecule has 3 N–H and O–H groups in total. The van der Waals surface area contributed by atoms with Gasteiger partial charge in [-0.1, -0.05) is 30.4 Å². The largest absolute Gasteiger partial charge is 0.495 e. The summed E-state index contributed by atoms with van der Waals surface area (Å²) in [6.45, 7) is 0. The Morgan fingerprint density at radius 1 is 0.722 bits per heavy atom. The second kappa shape index (κ2) is 12.2. The summed E-state index contributed by atoms with van der Waals surface area (Å²) in [6, 6.07) is 14.5. The van der Waals surface area contributed by atoms with E-state index in [0.29, 0.717) is 40.1 Å². The van der Waals surface area contributed by atoms with Crippen LogP contribution in [0.4, 0.5) is 11.4 Å². The normalized spacial score (nSPS) is 10.9. The minimum atomic E-state index is -0.323. The molecule has 3 aromatic rings. The summed E-state index contributed by atoms with van der Waals surface area (Å²) in [6.07, 6.45) is 6.85. The summed E-state index contributed by atoms with van der Waals surface area (Å²) < 4.78 is 26.9. The molecule has 36 heavy (non-hydrogen) atoms. The number of nitrogens with two attached hydrogens (primary N) is 1. The maximum atomic E-state index is 12.7. The van der Waals surface area contributed by atoms with Gasteiger partial charge < -0.3 is 34.7 Å². The number of benzene rings is 3. The molecule has 0 saturated heterocycles. The molecule has 0 saturated carbocycles. The number of hydrogen-bond acceptors (Lipinski definition) is 7. The Morgan fingerprint density at radius 2 is 1.39 bits per heavy atom. The molecule has 3 aromatic carbocycles. The number of carbonyl (C=O) groups excluding carboxylic acids is 1. The highest BCUT2D eigenvalue weighted by Gasteiger charge is 2.13. The third-order valence-electron chi connectivity index (χ3n) is 5.35. The highest BCUT2D eigenvalue weighted by Crippen LogP contribution is 2.39. The summed E-state index contributed by atoms with van der Waals surface area (Å²) in [5.41, 5.74) is 9.31. The first-order chi connectivity index (χ1) is 17.4. The van der Waals surface area contributed by atoms with Crippen LogP contribution in [0.2, 0.25) is 0 Å². The number of nitrogens with one attached hydrogen (secondary N) is 1. The molecule has 0 aromatic heterocycles. The zero-order valence-corrected chi connectivity index (χ0v) is 21.0. The minimum absolute atomic E-state index is 0.323. The molecule has 0 fully saturated rings. The van der Waals surface area contributed by atoms with E-state index in [2.05, 4.69) is 5.32 Å². The lowest BCUT2D eigenvalue weighted by atomic mass is 10.1. The molecule has 8 heteroatoms. The Hall–Kier alpha value is -4.59. The van der Waals surface area contributed by atoms with Crippen molar-refractivity contribution in [2.24, 2.45) is 0 Å². The first kappa shape index (κ1) is 26.0. The van der Waals surface area contributed by atoms with Crippen molar-refractivity contribution in [2.45, 2.75) is 0 Å². The van der Waals surface area contributed by atoms with Crippen molar-refractivity contribution in [1.29, 1.82) is 0 Å². The molecule has 0 bridgehead atoms. The van der Waals surface area contributed by atoms with E-state index in [1.165, 1.54) is 6.08 Å². The van der Waals surface area contributed by atoms with Crippen molar-refractivity contribution >= 4 is 35.5 Å². The van der Waals surface area contributed by atoms with Crippen molar-refractivity contribution in [2.75, 3.05) is 46.6 Å². The van der Waals surface area contributed by atoms with Crippen molar-refractivity contribution in [3.63, 3.8) is 0 Å². The molecule has 0 spiro atoms. The molecule has 0 aliphatic rings. The van der Waals surface area contributed by atoms with Gasteiger partial charge in [-0.25, -0.2) is 0 Å². The molecule has 0 aliphatic carbocycles. The Balaban J connectivity index is 1.87. The number of amides is 1. The highest BCUT2D eigenvalue weighted by molar-refractivity contribution is 6.04. The quantitative estimate of drug-likeness (QED) is 0.231. The number of ether oxygens (including phenoxy) is 5. The van der Waals surface area contributed by atoms with Crippen LogP contribution in [0.5, 0.6) is 28.7 Å². The molecule has 0 radical (unpaired) electrons. The van der Waals surface area contributed by atoms with Gasteiger partial charge in [0.1, 0.15) is 11.5 Å². The van der Waals surface area contributed by atoms with Crippen LogP contribution in [0.3, 0.4) is 0 Å². The number of carbonyl (C=O) groups is 1. The number of nitrogen functional groups attached to an aromatic ring is 1. The standard InChI is InChI=1S/C28H30N2O6/c1-32-22-13-10-18(15-21(22)29)11-14-26(31)30-27-20(7-6-8-23(27)33-2)12-9-19-16-24(34-3)28(36-5)25(17-19)35-4/h6-17H,29H2,1-5H3,(H,30,31)/b12-9+,14-11+. The minimum Gasteiger partial charge on any atom is -0.495 e. The first-order valence-electron chi connectivity index (χ1n) is 11.0. The van der Waals surface area contributed by atoms with Crippen LogP contribution in [-0.4, -0.2) is 41.5 Å². The Labute approximate surface area is 210 Å². The van der Waals surface area contributed by atoms with Crippen LogP contribution in [0.15, 0.2) is 54.6 Å². The molecular formula is C28H30N2O6. The van der Waals surface area contributed by atoms with Gasteiger partial charge in [-0.3, -0.25) is 4.79 Å². The van der Waals surface area contributed by atoms with E-state index < -0.39 is 0 Å². The van der Waals surface area contributed by atoms with Crippen LogP contribution in [0.1, 0.15) is 16.7 Å². The van der Waals surface area contributed by atoms with Gasteiger partial charge in [0, 0.05) is 11.6 Å². The summed E-state index contributed by atoms with van der Waals surface area (Å²) in [5, 5.41) is 2.91. The third-order valence-corrected chi connectivity index (χ3v) is 5.35. The van der Waals surface area contributed by atoms with E-state index >= 15 is 0 Å². The zero-order chi connectivity index (χ0) is 26.1. The predicted molar refractivity (Wildman–Crippen MR) is 143 cm³/mol. The van der Waals surface area contributed by atoms with Gasteiger partial charge in [0.15, 0.2) is 11.5 Å². The van der Waals surface area contributed by atoms with E-state index in [4.69, 9.17) is 29.4 Å². The molecule has 0 aliphatic heterocycles. The van der Waals surface area contributed by atoms with Crippen molar-refractivity contribution in [3.05, 3.63) is 71.3 Å². The number of hydrogen-bond donors (Lipinski definition) is 2. The van der Waals surface area contributed by atoms with Crippen molar-refractivity contribution in [1.82, 2.24) is 0 Å². The van der Waals surface area contributed by atoms with Crippen LogP contribution < -0.4 is 34.7 Å². The molecule has 3 rings (SSSR count). The fourth-order valence-corrected chi connectivity index (χ4v) is 3.57. The lowest BCUT2D eigenvalue weighted by Gasteiger charge is -2.13. The summed E-state index contributed by atoms with van der Waals surface area (Å²) in [7, 11) is 7.78. The number of anilines is 2. The maximum absolute atomic E-state index is 12.7. The lowest BCUT2D eigenvalue weighted by molar-refractivity contribution is -0.111. The van der Waals surface area contributed by atoms with Gasteiger partial charge in [0.25, 0.3) is 0 Å². The molecule has 1 amide bonds. The fourth-order valence-electron chi connectivity index (χ4n) is 3.57. The average molecular weight is 491 g/mol. The van der Waals surface area contributed by atoms with E-state index in [1.54, 1.807) is 59.8 Å². The maximum Gasteiger partial charge on any atom is 0.248 e. The fraction of sp³-hybridized carbons (Fsp3) is 0.179. The number of rotatable bonds is 10. The second-order valence-electron chi connectivity index (χ2n) is 7.54. The van der Waals surface area contributed by atoms with Crippen molar-refractivity contribution < 1.29 is 28.5 Å². The Bertz CT molecular complexity index is 1260. The van der Waals surface area contributed by atoms with Gasteiger partial charge in [-0.05, 0) is 47.5 Å². The second-order valence-corrected chi connectivity index (χ2v) is 7.54. The lowest BCUT2D eigenvalue weighted by Crippen LogP contribution is -2.10. The van der Waals surface area contributed by atoms with Crippen LogP contribution >= 0.6 is 0 Å². The summed E-state index contributed by atoms with van der Waals surface area (Å²) in [4.78, 5) is 12.7. The summed E-state index contributed by atoms with van der Waals surface area (Å²) in [5.74, 6) is 2.37. The molecule has 0 unspecified atom stereocenters. The monoisotopic (exact) mass is 490 g/mol. The third kappa shape index (κ3) is 6.09. The van der Waals surface area contributed by atoms with E-state index in [-0.39, 0.29) is 5.91 Å². The van der Waals surface area contributed by atoms with Crippen molar-refractivity contribution in [3.8, 4) is 28.7 Å². The topological polar surface area (TPSA) is 101 Å². The number of para-hydroxylation sites is 1. The van der Waals surface area contributed by atoms with Gasteiger partial charge >= 0.3 is 0 Å². The zero-order valence-electron chi connectivity index (χ0n) is 21.0. The number of methoxy groups -OCH3 is 5. The highest BCUT2D eigenvalue weighted by atomic mass is 16.5. The van der Waals surface area contributed by atoms with E-state index in [0.717, 1.165) is 16.7 Å². The van der Waals surface area contributed by atoms with E-state index in [1.807, 2.05) is 42.5 Å². The molecular weight excluding hydrogens is 460 g/mol. The Kier molecular flexibility index (Phi) is 8.83. The SMILES string of the molecule is COc1ccc(/C=C/C(=O)Nc2c(/C=C/c3cc(OC)c(OC)c(OC)c3)cccc2OC)cc1N. The average Bonchev–Trinajstić information content (AvgIpc) is 2.90. The first-order valence-corrected chi connectivity index (χ1v) is 11.0. The van der Waals surface area contributed by atoms with Crippen LogP contribution in [0.25, 0.3) is 18.2 Å².